The van der Waals surface area contributed by atoms with Crippen molar-refractivity contribution in [3.05, 3.63) is 57.8 Å². The predicted octanol–water partition coefficient (Wildman–Crippen LogP) is 2.98. The Hall–Kier alpha value is -0.950. The number of nitrogens with zero attached hydrogens (tertiary/aromatic N) is 1. The van der Waals surface area contributed by atoms with Gasteiger partial charge in [0.1, 0.15) is 0 Å². The number of sulfonamides is 1. The fraction of sp³-hybridized carbons (Fsp3) is 0.0833. The summed E-state index contributed by atoms with van der Waals surface area (Å²) in [6.45, 7) is 0.213. The second-order valence-electron chi connectivity index (χ2n) is 3.76. The van der Waals surface area contributed by atoms with Gasteiger partial charge in [0, 0.05) is 23.4 Å². The van der Waals surface area contributed by atoms with Crippen LogP contribution in [-0.4, -0.2) is 13.4 Å². The van der Waals surface area contributed by atoms with Gasteiger partial charge in [-0.05, 0) is 51.8 Å². The van der Waals surface area contributed by atoms with Crippen molar-refractivity contribution < 1.29 is 8.42 Å². The molecule has 19 heavy (non-hydrogen) atoms. The summed E-state index contributed by atoms with van der Waals surface area (Å²) >= 11 is 9.04. The summed E-state index contributed by atoms with van der Waals surface area (Å²) in [5.41, 5.74) is 0.839. The van der Waals surface area contributed by atoms with E-state index in [4.69, 9.17) is 11.6 Å². The first-order valence-electron chi connectivity index (χ1n) is 5.33. The van der Waals surface area contributed by atoms with Crippen molar-refractivity contribution in [3.8, 4) is 0 Å². The highest BCUT2D eigenvalue weighted by Crippen LogP contribution is 2.25. The Kier molecular flexibility index (Phi) is 4.57. The van der Waals surface area contributed by atoms with E-state index in [1.54, 1.807) is 24.5 Å². The van der Waals surface area contributed by atoms with Gasteiger partial charge in [0.25, 0.3) is 0 Å². The molecule has 0 amide bonds. The van der Waals surface area contributed by atoms with E-state index in [2.05, 4.69) is 25.6 Å². The number of rotatable bonds is 4. The molecular weight excluding hydrogens is 352 g/mol. The van der Waals surface area contributed by atoms with Crippen molar-refractivity contribution in [1.82, 2.24) is 9.71 Å². The molecule has 1 aromatic carbocycles. The van der Waals surface area contributed by atoms with Gasteiger partial charge < -0.3 is 0 Å². The van der Waals surface area contributed by atoms with Gasteiger partial charge >= 0.3 is 0 Å². The lowest BCUT2D eigenvalue weighted by molar-refractivity contribution is 0.581. The third kappa shape index (κ3) is 3.76. The van der Waals surface area contributed by atoms with E-state index < -0.39 is 10.0 Å². The van der Waals surface area contributed by atoms with Crippen molar-refractivity contribution >= 4 is 37.6 Å². The zero-order valence-corrected chi connectivity index (χ0v) is 12.8. The van der Waals surface area contributed by atoms with E-state index >= 15 is 0 Å². The maximum Gasteiger partial charge on any atom is 0.240 e. The third-order valence-electron chi connectivity index (χ3n) is 2.42. The molecule has 1 aromatic heterocycles. The highest BCUT2D eigenvalue weighted by Gasteiger charge is 2.14. The summed E-state index contributed by atoms with van der Waals surface area (Å²) in [4.78, 5) is 4.04. The van der Waals surface area contributed by atoms with Crippen LogP contribution in [0.4, 0.5) is 0 Å². The number of halogens is 2. The Morgan fingerprint density at radius 2 is 1.89 bits per heavy atom. The molecule has 1 heterocycles. The van der Waals surface area contributed by atoms with Gasteiger partial charge in [-0.1, -0.05) is 11.6 Å². The lowest BCUT2D eigenvalue weighted by Crippen LogP contribution is -2.23. The van der Waals surface area contributed by atoms with E-state index in [0.717, 1.165) is 5.56 Å². The van der Waals surface area contributed by atoms with Crippen LogP contribution in [-0.2, 0) is 16.6 Å². The molecule has 0 fully saturated rings. The van der Waals surface area contributed by atoms with Crippen molar-refractivity contribution in [2.45, 2.75) is 11.4 Å². The Morgan fingerprint density at radius 1 is 1.21 bits per heavy atom. The summed E-state index contributed by atoms with van der Waals surface area (Å²) < 4.78 is 27.2. The van der Waals surface area contributed by atoms with Crippen LogP contribution in [0.15, 0.2) is 52.1 Å². The molecule has 0 aliphatic heterocycles. The summed E-state index contributed by atoms with van der Waals surface area (Å²) in [5, 5.41) is 0.466. The standard InChI is InChI=1S/C12H10BrClN2O2S/c13-11-7-10(1-2-12(11)14)19(17,18)16-8-9-3-5-15-6-4-9/h1-7,16H,8H2. The minimum Gasteiger partial charge on any atom is -0.265 e. The van der Waals surface area contributed by atoms with E-state index in [1.165, 1.54) is 18.2 Å². The Bertz CT molecular complexity index is 677. The van der Waals surface area contributed by atoms with Crippen molar-refractivity contribution in [2.24, 2.45) is 0 Å². The predicted molar refractivity (Wildman–Crippen MR) is 77.4 cm³/mol. The van der Waals surface area contributed by atoms with Crippen LogP contribution < -0.4 is 4.72 Å². The van der Waals surface area contributed by atoms with Crippen LogP contribution in [0.3, 0.4) is 0 Å². The SMILES string of the molecule is O=S(=O)(NCc1ccncc1)c1ccc(Cl)c(Br)c1. The average Bonchev–Trinajstić information content (AvgIpc) is 2.41. The van der Waals surface area contributed by atoms with Crippen LogP contribution in [0.5, 0.6) is 0 Å². The quantitative estimate of drug-likeness (QED) is 0.911. The fourth-order valence-corrected chi connectivity index (χ4v) is 3.10. The molecule has 0 unspecified atom stereocenters. The van der Waals surface area contributed by atoms with E-state index in [1.807, 2.05) is 0 Å². The van der Waals surface area contributed by atoms with Gasteiger partial charge in [0.2, 0.25) is 10.0 Å². The number of nitrogens with one attached hydrogen (secondary N) is 1. The van der Waals surface area contributed by atoms with Crippen LogP contribution in [0.2, 0.25) is 5.02 Å². The molecule has 0 aliphatic carbocycles. The number of aromatic nitrogens is 1. The minimum atomic E-state index is -3.56. The van der Waals surface area contributed by atoms with Gasteiger partial charge in [0.15, 0.2) is 0 Å². The summed E-state index contributed by atoms with van der Waals surface area (Å²) in [7, 11) is -3.56. The second kappa shape index (κ2) is 6.00. The van der Waals surface area contributed by atoms with Gasteiger partial charge in [-0.15, -0.1) is 0 Å². The Labute approximate surface area is 125 Å². The zero-order valence-electron chi connectivity index (χ0n) is 9.68. The highest BCUT2D eigenvalue weighted by molar-refractivity contribution is 9.10. The second-order valence-corrected chi connectivity index (χ2v) is 6.78. The molecular formula is C12H10BrClN2O2S. The fourth-order valence-electron chi connectivity index (χ4n) is 1.41. The Morgan fingerprint density at radius 3 is 2.53 bits per heavy atom. The molecule has 0 radical (unpaired) electrons. The maximum absolute atomic E-state index is 12.1. The van der Waals surface area contributed by atoms with Crippen LogP contribution in [0, 0.1) is 0 Å². The topological polar surface area (TPSA) is 59.1 Å². The first kappa shape index (κ1) is 14.5. The number of benzene rings is 1. The number of hydrogen-bond acceptors (Lipinski definition) is 3. The average molecular weight is 362 g/mol. The van der Waals surface area contributed by atoms with Gasteiger partial charge in [-0.2, -0.15) is 0 Å². The molecule has 0 atom stereocenters. The molecule has 2 aromatic rings. The van der Waals surface area contributed by atoms with Crippen LogP contribution in [0.1, 0.15) is 5.56 Å². The molecule has 4 nitrogen and oxygen atoms in total. The first-order chi connectivity index (χ1) is 8.99. The van der Waals surface area contributed by atoms with Crippen molar-refractivity contribution in [1.29, 1.82) is 0 Å². The van der Waals surface area contributed by atoms with E-state index in [0.29, 0.717) is 9.50 Å². The number of pyridine rings is 1. The zero-order chi connectivity index (χ0) is 13.9. The summed E-state index contributed by atoms with van der Waals surface area (Å²) in [6, 6.07) is 7.96. The summed E-state index contributed by atoms with van der Waals surface area (Å²) in [6.07, 6.45) is 3.23. The smallest absolute Gasteiger partial charge is 0.240 e. The molecule has 0 aliphatic rings. The van der Waals surface area contributed by atoms with E-state index in [9.17, 15) is 8.42 Å². The van der Waals surface area contributed by atoms with Gasteiger partial charge in [-0.3, -0.25) is 4.98 Å². The third-order valence-corrected chi connectivity index (χ3v) is 5.03. The molecule has 0 saturated heterocycles. The molecule has 1 N–H and O–H groups in total. The van der Waals surface area contributed by atoms with E-state index in [-0.39, 0.29) is 11.4 Å². The lowest BCUT2D eigenvalue weighted by atomic mass is 10.3. The first-order valence-corrected chi connectivity index (χ1v) is 7.98. The molecule has 100 valence electrons. The molecule has 0 saturated carbocycles. The van der Waals surface area contributed by atoms with Crippen molar-refractivity contribution in [2.75, 3.05) is 0 Å². The lowest BCUT2D eigenvalue weighted by Gasteiger charge is -2.07. The molecule has 0 bridgehead atoms. The number of hydrogen-bond donors (Lipinski definition) is 1. The molecule has 0 spiro atoms. The van der Waals surface area contributed by atoms with Gasteiger partial charge in [0.05, 0.1) is 9.92 Å². The maximum atomic E-state index is 12.1. The Balaban J connectivity index is 2.16. The minimum absolute atomic E-state index is 0.165. The summed E-state index contributed by atoms with van der Waals surface area (Å²) in [5.74, 6) is 0. The molecule has 7 heteroatoms. The van der Waals surface area contributed by atoms with Crippen LogP contribution >= 0.6 is 27.5 Å². The van der Waals surface area contributed by atoms with Crippen LogP contribution in [0.25, 0.3) is 0 Å². The highest BCUT2D eigenvalue weighted by atomic mass is 79.9. The van der Waals surface area contributed by atoms with Crippen molar-refractivity contribution in [3.63, 3.8) is 0 Å². The molecule has 2 rings (SSSR count). The monoisotopic (exact) mass is 360 g/mol. The normalized spacial score (nSPS) is 11.5. The largest absolute Gasteiger partial charge is 0.265 e. The van der Waals surface area contributed by atoms with Gasteiger partial charge in [-0.25, -0.2) is 13.1 Å².